The number of unbranched alkanes of at least 4 members (excludes halogenated alkanes) is 13. The van der Waals surface area contributed by atoms with Crippen LogP contribution in [0, 0.1) is 5.92 Å². The molecule has 0 spiro atoms. The van der Waals surface area contributed by atoms with Crippen LogP contribution in [0.4, 0.5) is 0 Å². The molecule has 1 heterocycles. The highest BCUT2D eigenvalue weighted by Gasteiger charge is 2.55. The Morgan fingerprint density at radius 3 is 1.69 bits per heavy atom. The van der Waals surface area contributed by atoms with E-state index in [-0.39, 0.29) is 6.42 Å². The summed E-state index contributed by atoms with van der Waals surface area (Å²) in [5.74, 6) is -6.14. The average Bonchev–Trinajstić information content (AvgIpc) is 3.03. The molecule has 32 heavy (non-hydrogen) atoms. The SMILES string of the molecule is CCCCCCCCCCCCCCCCC(C(=O)O)[C@](O)(CO)[C@H]1OC(=O)C(O)=C1O. The van der Waals surface area contributed by atoms with Crippen molar-refractivity contribution in [1.82, 2.24) is 0 Å². The van der Waals surface area contributed by atoms with Gasteiger partial charge in [-0.1, -0.05) is 96.8 Å². The van der Waals surface area contributed by atoms with E-state index in [0.717, 1.165) is 25.7 Å². The lowest BCUT2D eigenvalue weighted by Gasteiger charge is -2.35. The lowest BCUT2D eigenvalue weighted by atomic mass is 9.79. The van der Waals surface area contributed by atoms with Crippen molar-refractivity contribution in [3.63, 3.8) is 0 Å². The summed E-state index contributed by atoms with van der Waals surface area (Å²) in [4.78, 5) is 23.1. The molecule has 0 amide bonds. The van der Waals surface area contributed by atoms with E-state index in [2.05, 4.69) is 6.92 Å². The second-order valence-corrected chi connectivity index (χ2v) is 8.94. The second-order valence-electron chi connectivity index (χ2n) is 8.94. The lowest BCUT2D eigenvalue weighted by molar-refractivity contribution is -0.183. The van der Waals surface area contributed by atoms with Crippen molar-refractivity contribution in [3.05, 3.63) is 11.5 Å². The van der Waals surface area contributed by atoms with E-state index in [0.29, 0.717) is 6.42 Å². The highest BCUT2D eigenvalue weighted by molar-refractivity contribution is 5.89. The number of aliphatic hydroxyl groups excluding tert-OH is 3. The number of aliphatic hydroxyl groups is 4. The van der Waals surface area contributed by atoms with Gasteiger partial charge in [-0.15, -0.1) is 0 Å². The Morgan fingerprint density at radius 2 is 1.34 bits per heavy atom. The molecule has 1 aliphatic heterocycles. The summed E-state index contributed by atoms with van der Waals surface area (Å²) in [7, 11) is 0. The van der Waals surface area contributed by atoms with Gasteiger partial charge in [-0.25, -0.2) is 4.79 Å². The van der Waals surface area contributed by atoms with Crippen molar-refractivity contribution in [2.45, 2.75) is 115 Å². The molecule has 186 valence electrons. The predicted molar refractivity (Wildman–Crippen MR) is 120 cm³/mol. The number of carbonyl (C=O) groups excluding carboxylic acids is 1. The molecule has 1 aliphatic rings. The monoisotopic (exact) mass is 458 g/mol. The van der Waals surface area contributed by atoms with Gasteiger partial charge in [0.15, 0.2) is 11.9 Å². The van der Waals surface area contributed by atoms with E-state index in [1.807, 2.05) is 0 Å². The number of rotatable bonds is 19. The van der Waals surface area contributed by atoms with Crippen molar-refractivity contribution >= 4 is 11.9 Å². The number of carboxylic acid groups (broad SMARTS) is 1. The summed E-state index contributed by atoms with van der Waals surface area (Å²) < 4.78 is 4.71. The van der Waals surface area contributed by atoms with Crippen molar-refractivity contribution < 1.29 is 39.9 Å². The summed E-state index contributed by atoms with van der Waals surface area (Å²) in [6.07, 6.45) is 14.4. The van der Waals surface area contributed by atoms with E-state index in [4.69, 9.17) is 4.74 Å². The van der Waals surface area contributed by atoms with Gasteiger partial charge < -0.3 is 30.3 Å². The summed E-state index contributed by atoms with van der Waals surface area (Å²) in [5.41, 5.74) is -2.42. The van der Waals surface area contributed by atoms with Crippen LogP contribution < -0.4 is 0 Å². The molecule has 0 aromatic heterocycles. The number of cyclic esters (lactones) is 1. The largest absolute Gasteiger partial charge is 0.505 e. The molecule has 8 heteroatoms. The quantitative estimate of drug-likeness (QED) is 0.140. The van der Waals surface area contributed by atoms with Gasteiger partial charge in [-0.2, -0.15) is 0 Å². The van der Waals surface area contributed by atoms with Crippen LogP contribution in [0.1, 0.15) is 103 Å². The third kappa shape index (κ3) is 8.62. The minimum atomic E-state index is -2.42. The first-order valence-electron chi connectivity index (χ1n) is 12.2. The van der Waals surface area contributed by atoms with Gasteiger partial charge in [0, 0.05) is 0 Å². The molecule has 1 rings (SSSR count). The van der Waals surface area contributed by atoms with Crippen molar-refractivity contribution in [2.24, 2.45) is 5.92 Å². The number of esters is 1. The van der Waals surface area contributed by atoms with Crippen molar-refractivity contribution in [1.29, 1.82) is 0 Å². The van der Waals surface area contributed by atoms with Crippen LogP contribution in [-0.4, -0.2) is 55.8 Å². The summed E-state index contributed by atoms with van der Waals surface area (Å²) >= 11 is 0. The molecule has 0 bridgehead atoms. The second kappa shape index (κ2) is 15.1. The Hall–Kier alpha value is -1.80. The van der Waals surface area contributed by atoms with Crippen LogP contribution in [0.25, 0.3) is 0 Å². The molecule has 8 nitrogen and oxygen atoms in total. The normalized spacial score (nSPS) is 19.1. The minimum Gasteiger partial charge on any atom is -0.505 e. The van der Waals surface area contributed by atoms with E-state index >= 15 is 0 Å². The number of aliphatic carboxylic acids is 1. The maximum absolute atomic E-state index is 11.7. The Morgan fingerprint density at radius 1 is 0.906 bits per heavy atom. The van der Waals surface area contributed by atoms with Crippen LogP contribution in [0.2, 0.25) is 0 Å². The van der Waals surface area contributed by atoms with Gasteiger partial charge in [-0.3, -0.25) is 4.79 Å². The first kappa shape index (κ1) is 28.2. The lowest BCUT2D eigenvalue weighted by Crippen LogP contribution is -2.55. The molecule has 0 saturated heterocycles. The van der Waals surface area contributed by atoms with Gasteiger partial charge in [0.05, 0.1) is 12.5 Å². The van der Waals surface area contributed by atoms with Gasteiger partial charge >= 0.3 is 11.9 Å². The molecular formula is C24H42O8. The Balaban J connectivity index is 2.27. The maximum Gasteiger partial charge on any atom is 0.378 e. The highest BCUT2D eigenvalue weighted by atomic mass is 16.6. The molecule has 0 aliphatic carbocycles. The van der Waals surface area contributed by atoms with Crippen LogP contribution in [0.5, 0.6) is 0 Å². The van der Waals surface area contributed by atoms with E-state index in [1.54, 1.807) is 0 Å². The zero-order chi connectivity index (χ0) is 24.0. The van der Waals surface area contributed by atoms with E-state index < -0.39 is 47.7 Å². The van der Waals surface area contributed by atoms with E-state index in [9.17, 15) is 35.1 Å². The van der Waals surface area contributed by atoms with Crippen LogP contribution in [-0.2, 0) is 14.3 Å². The molecule has 0 aromatic rings. The van der Waals surface area contributed by atoms with Gasteiger partial charge in [0.1, 0.15) is 5.60 Å². The zero-order valence-corrected chi connectivity index (χ0v) is 19.4. The first-order valence-corrected chi connectivity index (χ1v) is 12.2. The zero-order valence-electron chi connectivity index (χ0n) is 19.4. The standard InChI is InChI=1S/C24H42O8/c1-2-3-4-5-6-7-8-9-10-11-12-13-14-15-16-18(22(28)29)24(31,17-25)21-19(26)20(27)23(30)32-21/h18,21,25-27,31H,2-17H2,1H3,(H,28,29)/t18?,21-,24+/m0/s1. The van der Waals surface area contributed by atoms with Crippen molar-refractivity contribution in [2.75, 3.05) is 6.61 Å². The molecule has 0 radical (unpaired) electrons. The Bertz CT molecular complexity index is 603. The molecule has 3 atom stereocenters. The predicted octanol–water partition coefficient (Wildman–Crippen LogP) is 4.54. The topological polar surface area (TPSA) is 145 Å². The Kier molecular flexibility index (Phi) is 13.3. The first-order chi connectivity index (χ1) is 15.3. The summed E-state index contributed by atoms with van der Waals surface area (Å²) in [5, 5.41) is 49.2. The highest BCUT2D eigenvalue weighted by Crippen LogP contribution is 2.35. The molecule has 0 fully saturated rings. The molecule has 0 saturated carbocycles. The van der Waals surface area contributed by atoms with E-state index in [1.165, 1.54) is 57.8 Å². The van der Waals surface area contributed by atoms with Gasteiger partial charge in [-0.05, 0) is 6.42 Å². The van der Waals surface area contributed by atoms with Gasteiger partial charge in [0.2, 0.25) is 5.76 Å². The maximum atomic E-state index is 11.7. The molecule has 5 N–H and O–H groups in total. The van der Waals surface area contributed by atoms with Gasteiger partial charge in [0.25, 0.3) is 0 Å². The number of hydrogen-bond acceptors (Lipinski definition) is 7. The number of ether oxygens (including phenoxy) is 1. The number of hydrogen-bond donors (Lipinski definition) is 5. The Labute approximate surface area is 191 Å². The minimum absolute atomic E-state index is 0.0481. The fourth-order valence-electron chi connectivity index (χ4n) is 4.29. The average molecular weight is 459 g/mol. The third-order valence-corrected chi connectivity index (χ3v) is 6.36. The van der Waals surface area contributed by atoms with Crippen LogP contribution in [0.3, 0.4) is 0 Å². The fraction of sp³-hybridized carbons (Fsp3) is 0.833. The molecule has 1 unspecified atom stereocenters. The number of carbonyl (C=O) groups is 2. The number of carboxylic acids is 1. The smallest absolute Gasteiger partial charge is 0.378 e. The summed E-state index contributed by atoms with van der Waals surface area (Å²) in [6, 6.07) is 0. The van der Waals surface area contributed by atoms with Crippen molar-refractivity contribution in [3.8, 4) is 0 Å². The third-order valence-electron chi connectivity index (χ3n) is 6.36. The van der Waals surface area contributed by atoms with Crippen LogP contribution in [0.15, 0.2) is 11.5 Å². The fourth-order valence-corrected chi connectivity index (χ4v) is 4.29. The van der Waals surface area contributed by atoms with Crippen LogP contribution >= 0.6 is 0 Å². The molecule has 0 aromatic carbocycles. The molecular weight excluding hydrogens is 416 g/mol. The summed E-state index contributed by atoms with van der Waals surface area (Å²) in [6.45, 7) is 1.18.